The smallest absolute Gasteiger partial charge is 0.00665 e. The zero-order chi connectivity index (χ0) is 9.78. The molecular formula is C11H25N. The molecule has 0 aliphatic carbocycles. The molecule has 0 aliphatic heterocycles. The summed E-state index contributed by atoms with van der Waals surface area (Å²) in [6, 6.07) is 0.620. The van der Waals surface area contributed by atoms with Crippen LogP contribution in [0.3, 0.4) is 0 Å². The Bertz CT molecular complexity index is 116. The molecule has 0 spiro atoms. The molecule has 74 valence electrons. The molecule has 1 nitrogen and oxygen atoms in total. The fourth-order valence-electron chi connectivity index (χ4n) is 1.75. The molecule has 12 heavy (non-hydrogen) atoms. The first-order valence-corrected chi connectivity index (χ1v) is 5.19. The van der Waals surface area contributed by atoms with Gasteiger partial charge in [-0.2, -0.15) is 0 Å². The first-order valence-electron chi connectivity index (χ1n) is 5.19. The van der Waals surface area contributed by atoms with Crippen molar-refractivity contribution in [2.75, 3.05) is 7.05 Å². The third-order valence-corrected chi connectivity index (χ3v) is 3.92. The number of hydrogen-bond acceptors (Lipinski definition) is 1. The van der Waals surface area contributed by atoms with Gasteiger partial charge in [-0.25, -0.2) is 0 Å². The third-order valence-electron chi connectivity index (χ3n) is 3.92. The van der Waals surface area contributed by atoms with Crippen LogP contribution in [0.5, 0.6) is 0 Å². The maximum atomic E-state index is 3.34. The molecule has 0 saturated heterocycles. The summed E-state index contributed by atoms with van der Waals surface area (Å²) >= 11 is 0. The van der Waals surface area contributed by atoms with Crippen molar-refractivity contribution < 1.29 is 0 Å². The first kappa shape index (κ1) is 12.0. The minimum absolute atomic E-state index is 0.502. The van der Waals surface area contributed by atoms with E-state index in [-0.39, 0.29) is 0 Å². The SMILES string of the molecule is CCC(C)(CC)C(C)C(C)NC. The van der Waals surface area contributed by atoms with Gasteiger partial charge in [-0.05, 0) is 25.3 Å². The van der Waals surface area contributed by atoms with Gasteiger partial charge in [0.05, 0.1) is 0 Å². The highest BCUT2D eigenvalue weighted by Gasteiger charge is 2.30. The van der Waals surface area contributed by atoms with Crippen molar-refractivity contribution in [1.82, 2.24) is 5.32 Å². The van der Waals surface area contributed by atoms with E-state index in [9.17, 15) is 0 Å². The minimum atomic E-state index is 0.502. The summed E-state index contributed by atoms with van der Waals surface area (Å²) in [6.45, 7) is 11.6. The minimum Gasteiger partial charge on any atom is -0.317 e. The Morgan fingerprint density at radius 3 is 1.83 bits per heavy atom. The highest BCUT2D eigenvalue weighted by Crippen LogP contribution is 2.36. The van der Waals surface area contributed by atoms with Crippen LogP contribution in [0.1, 0.15) is 47.5 Å². The van der Waals surface area contributed by atoms with Crippen LogP contribution in [0, 0.1) is 11.3 Å². The van der Waals surface area contributed by atoms with Crippen molar-refractivity contribution in [2.24, 2.45) is 11.3 Å². The number of hydrogen-bond donors (Lipinski definition) is 1. The van der Waals surface area contributed by atoms with E-state index in [1.165, 1.54) is 12.8 Å². The Balaban J connectivity index is 4.29. The summed E-state index contributed by atoms with van der Waals surface area (Å²) in [4.78, 5) is 0. The lowest BCUT2D eigenvalue weighted by molar-refractivity contribution is 0.150. The van der Waals surface area contributed by atoms with Crippen LogP contribution in [0.15, 0.2) is 0 Å². The second-order valence-corrected chi connectivity index (χ2v) is 4.23. The molecule has 0 aromatic heterocycles. The molecule has 0 fully saturated rings. The summed E-state index contributed by atoms with van der Waals surface area (Å²) in [7, 11) is 2.05. The van der Waals surface area contributed by atoms with Gasteiger partial charge in [-0.1, -0.05) is 40.5 Å². The fourth-order valence-corrected chi connectivity index (χ4v) is 1.75. The van der Waals surface area contributed by atoms with E-state index in [1.54, 1.807) is 0 Å². The van der Waals surface area contributed by atoms with E-state index in [2.05, 4.69) is 39.9 Å². The van der Waals surface area contributed by atoms with Crippen molar-refractivity contribution in [1.29, 1.82) is 0 Å². The molecule has 0 rings (SSSR count). The van der Waals surface area contributed by atoms with Crippen molar-refractivity contribution >= 4 is 0 Å². The van der Waals surface area contributed by atoms with Crippen molar-refractivity contribution in [3.8, 4) is 0 Å². The average molecular weight is 171 g/mol. The van der Waals surface area contributed by atoms with Gasteiger partial charge in [-0.3, -0.25) is 0 Å². The predicted molar refractivity (Wildman–Crippen MR) is 56.4 cm³/mol. The van der Waals surface area contributed by atoms with E-state index in [0.717, 1.165) is 5.92 Å². The van der Waals surface area contributed by atoms with Crippen LogP contribution in [-0.4, -0.2) is 13.1 Å². The van der Waals surface area contributed by atoms with Crippen molar-refractivity contribution in [3.63, 3.8) is 0 Å². The lowest BCUT2D eigenvalue weighted by Gasteiger charge is -2.37. The Morgan fingerprint density at radius 1 is 1.17 bits per heavy atom. The molecule has 0 aliphatic rings. The topological polar surface area (TPSA) is 12.0 Å². The van der Waals surface area contributed by atoms with Gasteiger partial charge in [0, 0.05) is 6.04 Å². The summed E-state index contributed by atoms with van der Waals surface area (Å²) in [5.41, 5.74) is 0.502. The van der Waals surface area contributed by atoms with Crippen molar-refractivity contribution in [2.45, 2.75) is 53.5 Å². The second kappa shape index (κ2) is 4.86. The van der Waals surface area contributed by atoms with Gasteiger partial charge < -0.3 is 5.32 Å². The predicted octanol–water partition coefficient (Wildman–Crippen LogP) is 3.06. The zero-order valence-corrected chi connectivity index (χ0v) is 9.57. The summed E-state index contributed by atoms with van der Waals surface area (Å²) in [5, 5.41) is 3.34. The Hall–Kier alpha value is -0.0400. The van der Waals surface area contributed by atoms with Gasteiger partial charge in [0.25, 0.3) is 0 Å². The first-order chi connectivity index (χ1) is 5.51. The second-order valence-electron chi connectivity index (χ2n) is 4.23. The number of rotatable bonds is 5. The lowest BCUT2D eigenvalue weighted by Crippen LogP contribution is -2.38. The quantitative estimate of drug-likeness (QED) is 0.670. The van der Waals surface area contributed by atoms with Crippen LogP contribution in [0.4, 0.5) is 0 Å². The average Bonchev–Trinajstić information content (AvgIpc) is 2.14. The molecule has 0 saturated carbocycles. The molecule has 0 amide bonds. The van der Waals surface area contributed by atoms with E-state index >= 15 is 0 Å². The summed E-state index contributed by atoms with van der Waals surface area (Å²) in [6.07, 6.45) is 2.55. The molecule has 0 aromatic rings. The molecule has 1 N–H and O–H groups in total. The molecule has 0 heterocycles. The highest BCUT2D eigenvalue weighted by atomic mass is 14.9. The highest BCUT2D eigenvalue weighted by molar-refractivity contribution is 4.83. The maximum Gasteiger partial charge on any atom is 0.00665 e. The van der Waals surface area contributed by atoms with Gasteiger partial charge in [0.15, 0.2) is 0 Å². The Morgan fingerprint density at radius 2 is 1.58 bits per heavy atom. The third kappa shape index (κ3) is 2.48. The standard InChI is InChI=1S/C11H25N/c1-7-11(5,8-2)9(3)10(4)12-6/h9-10,12H,7-8H2,1-6H3. The van der Waals surface area contributed by atoms with E-state index in [1.807, 2.05) is 7.05 Å². The molecule has 2 unspecified atom stereocenters. The van der Waals surface area contributed by atoms with Crippen LogP contribution in [0.25, 0.3) is 0 Å². The molecular weight excluding hydrogens is 146 g/mol. The summed E-state index contributed by atoms with van der Waals surface area (Å²) < 4.78 is 0. The molecule has 0 bridgehead atoms. The normalized spacial score (nSPS) is 17.5. The molecule has 0 aromatic carbocycles. The van der Waals surface area contributed by atoms with Gasteiger partial charge in [-0.15, -0.1) is 0 Å². The van der Waals surface area contributed by atoms with Gasteiger partial charge >= 0.3 is 0 Å². The van der Waals surface area contributed by atoms with E-state index in [0.29, 0.717) is 11.5 Å². The molecule has 1 heteroatoms. The fraction of sp³-hybridized carbons (Fsp3) is 1.00. The maximum absolute atomic E-state index is 3.34. The monoisotopic (exact) mass is 171 g/mol. The zero-order valence-electron chi connectivity index (χ0n) is 9.57. The van der Waals surface area contributed by atoms with Gasteiger partial charge in [0.2, 0.25) is 0 Å². The van der Waals surface area contributed by atoms with Crippen LogP contribution >= 0.6 is 0 Å². The van der Waals surface area contributed by atoms with E-state index in [4.69, 9.17) is 0 Å². The number of nitrogens with one attached hydrogen (secondary N) is 1. The van der Waals surface area contributed by atoms with E-state index < -0.39 is 0 Å². The Kier molecular flexibility index (Phi) is 4.84. The van der Waals surface area contributed by atoms with Crippen LogP contribution in [-0.2, 0) is 0 Å². The lowest BCUT2D eigenvalue weighted by atomic mass is 9.71. The Labute approximate surface area is 77.9 Å². The largest absolute Gasteiger partial charge is 0.317 e. The van der Waals surface area contributed by atoms with Crippen LogP contribution < -0.4 is 5.32 Å². The van der Waals surface area contributed by atoms with Gasteiger partial charge in [0.1, 0.15) is 0 Å². The van der Waals surface area contributed by atoms with Crippen molar-refractivity contribution in [3.05, 3.63) is 0 Å². The molecule has 2 atom stereocenters. The molecule has 0 radical (unpaired) electrons. The van der Waals surface area contributed by atoms with Crippen LogP contribution in [0.2, 0.25) is 0 Å². The summed E-state index contributed by atoms with van der Waals surface area (Å²) in [5.74, 6) is 0.748.